The van der Waals surface area contributed by atoms with Crippen molar-refractivity contribution in [3.05, 3.63) is 48.1 Å². The molecule has 2 aromatic carbocycles. The summed E-state index contributed by atoms with van der Waals surface area (Å²) in [6.45, 7) is 1.81. The molecule has 0 fully saturated rings. The molecule has 0 aliphatic heterocycles. The smallest absolute Gasteiger partial charge is 0.236 e. The molecule has 0 saturated heterocycles. The summed E-state index contributed by atoms with van der Waals surface area (Å²) in [4.78, 5) is 8.68. The van der Waals surface area contributed by atoms with Crippen LogP contribution in [0.3, 0.4) is 0 Å². The first-order chi connectivity index (χ1) is 10.7. The van der Waals surface area contributed by atoms with Gasteiger partial charge in [-0.25, -0.2) is 0 Å². The highest BCUT2D eigenvalue weighted by atomic mass is 32.2. The third-order valence-electron chi connectivity index (χ3n) is 3.55. The molecular weight excluding hydrogens is 296 g/mol. The summed E-state index contributed by atoms with van der Waals surface area (Å²) >= 11 is 1.64. The molecule has 2 aromatic heterocycles. The number of hydrogen-bond acceptors (Lipinski definition) is 5. The van der Waals surface area contributed by atoms with Crippen molar-refractivity contribution in [1.29, 1.82) is 0 Å². The van der Waals surface area contributed by atoms with Gasteiger partial charge in [-0.2, -0.15) is 4.98 Å². The van der Waals surface area contributed by atoms with Crippen LogP contribution in [0.4, 0.5) is 5.69 Å². The minimum Gasteiger partial charge on any atom is -0.397 e. The highest BCUT2D eigenvalue weighted by molar-refractivity contribution is 7.98. The number of para-hydroxylation sites is 1. The lowest BCUT2D eigenvalue weighted by Crippen LogP contribution is -1.88. The van der Waals surface area contributed by atoms with Gasteiger partial charge in [-0.3, -0.25) is 0 Å². The Kier molecular flexibility index (Phi) is 3.04. The summed E-state index contributed by atoms with van der Waals surface area (Å²) < 4.78 is 5.14. The summed E-state index contributed by atoms with van der Waals surface area (Å²) in [6.07, 6.45) is 0. The van der Waals surface area contributed by atoms with Crippen molar-refractivity contribution in [3.8, 4) is 0 Å². The number of nitrogens with one attached hydrogen (secondary N) is 1. The van der Waals surface area contributed by atoms with Crippen molar-refractivity contribution >= 4 is 39.3 Å². The van der Waals surface area contributed by atoms with Gasteiger partial charge in [0.15, 0.2) is 5.82 Å². The van der Waals surface area contributed by atoms with Gasteiger partial charge in [0.1, 0.15) is 0 Å². The lowest BCUT2D eigenvalue weighted by atomic mass is 10.1. The maximum atomic E-state index is 6.20. The highest BCUT2D eigenvalue weighted by Crippen LogP contribution is 2.34. The van der Waals surface area contributed by atoms with E-state index >= 15 is 0 Å². The largest absolute Gasteiger partial charge is 0.397 e. The topological polar surface area (TPSA) is 80.7 Å². The van der Waals surface area contributed by atoms with Crippen LogP contribution >= 0.6 is 11.8 Å². The van der Waals surface area contributed by atoms with Gasteiger partial charge in [0.2, 0.25) is 5.89 Å². The molecule has 0 saturated carbocycles. The van der Waals surface area contributed by atoms with Crippen molar-refractivity contribution < 1.29 is 4.52 Å². The van der Waals surface area contributed by atoms with Crippen LogP contribution in [0.25, 0.3) is 21.8 Å². The molecule has 0 aliphatic carbocycles. The summed E-state index contributed by atoms with van der Waals surface area (Å²) in [6, 6.07) is 12.3. The molecule has 0 bridgehead atoms. The molecule has 4 aromatic rings. The second-order valence-corrected chi connectivity index (χ2v) is 6.18. The van der Waals surface area contributed by atoms with Crippen LogP contribution < -0.4 is 5.73 Å². The Balaban J connectivity index is 1.73. The summed E-state index contributed by atoms with van der Waals surface area (Å²) in [5.41, 5.74) is 9.03. The van der Waals surface area contributed by atoms with Crippen molar-refractivity contribution in [3.63, 3.8) is 0 Å². The van der Waals surface area contributed by atoms with E-state index in [1.54, 1.807) is 11.8 Å². The number of aromatic nitrogens is 3. The number of hydrogen-bond donors (Lipinski definition) is 2. The molecule has 0 radical (unpaired) electrons. The third-order valence-corrected chi connectivity index (χ3v) is 4.51. The number of aromatic amines is 1. The van der Waals surface area contributed by atoms with E-state index < -0.39 is 0 Å². The Morgan fingerprint density at radius 3 is 2.91 bits per heavy atom. The lowest BCUT2D eigenvalue weighted by molar-refractivity contribution is 0.387. The third kappa shape index (κ3) is 2.21. The van der Waals surface area contributed by atoms with Crippen LogP contribution in [0.2, 0.25) is 0 Å². The number of nitrogen functional groups attached to an aromatic ring is 1. The predicted octanol–water partition coefficient (Wildman–Crippen LogP) is 3.89. The highest BCUT2D eigenvalue weighted by Gasteiger charge is 2.10. The molecule has 22 heavy (non-hydrogen) atoms. The van der Waals surface area contributed by atoms with Gasteiger partial charge in [-0.05, 0) is 25.1 Å². The summed E-state index contributed by atoms with van der Waals surface area (Å²) in [7, 11) is 0. The number of thioether (sulfide) groups is 1. The van der Waals surface area contributed by atoms with E-state index in [2.05, 4.69) is 33.3 Å². The van der Waals surface area contributed by atoms with Gasteiger partial charge in [0, 0.05) is 21.2 Å². The average Bonchev–Trinajstić information content (AvgIpc) is 3.09. The first-order valence-corrected chi connectivity index (χ1v) is 7.91. The molecule has 5 nitrogen and oxygen atoms in total. The Morgan fingerprint density at radius 1 is 1.23 bits per heavy atom. The second kappa shape index (κ2) is 5.06. The summed E-state index contributed by atoms with van der Waals surface area (Å²) in [5.74, 6) is 1.91. The van der Waals surface area contributed by atoms with E-state index in [1.807, 2.05) is 25.1 Å². The maximum absolute atomic E-state index is 6.20. The van der Waals surface area contributed by atoms with Crippen LogP contribution in [0.5, 0.6) is 0 Å². The first kappa shape index (κ1) is 13.2. The van der Waals surface area contributed by atoms with Crippen molar-refractivity contribution in [2.75, 3.05) is 5.73 Å². The monoisotopic (exact) mass is 310 g/mol. The van der Waals surface area contributed by atoms with Gasteiger partial charge < -0.3 is 15.2 Å². The van der Waals surface area contributed by atoms with Crippen LogP contribution in [-0.2, 0) is 5.75 Å². The zero-order chi connectivity index (χ0) is 15.1. The quantitative estimate of drug-likeness (QED) is 0.443. The fraction of sp³-hybridized carbons (Fsp3) is 0.125. The number of nitrogens with zero attached hydrogens (tertiary/aromatic N) is 2. The van der Waals surface area contributed by atoms with Crippen LogP contribution in [0, 0.1) is 6.92 Å². The van der Waals surface area contributed by atoms with E-state index in [4.69, 9.17) is 10.3 Å². The SMILES string of the molecule is Cc1noc(CSc2cc(N)c3[nH]c4ccccc4c3c2)n1. The second-order valence-electron chi connectivity index (χ2n) is 5.13. The van der Waals surface area contributed by atoms with E-state index in [9.17, 15) is 0 Å². The zero-order valence-corrected chi connectivity index (χ0v) is 12.8. The molecule has 0 spiro atoms. The first-order valence-electron chi connectivity index (χ1n) is 6.92. The predicted molar refractivity (Wildman–Crippen MR) is 88.8 cm³/mol. The van der Waals surface area contributed by atoms with Crippen molar-refractivity contribution in [2.24, 2.45) is 0 Å². The number of H-pyrrole nitrogens is 1. The number of anilines is 1. The van der Waals surface area contributed by atoms with E-state index in [0.717, 1.165) is 27.0 Å². The normalized spacial score (nSPS) is 11.5. The van der Waals surface area contributed by atoms with Gasteiger partial charge in [-0.1, -0.05) is 23.4 Å². The molecule has 2 heterocycles. The standard InChI is InChI=1S/C16H14N4OS/c1-9-18-15(21-20-9)8-22-10-6-12-11-4-2-3-5-14(11)19-16(12)13(17)7-10/h2-7,19H,8,17H2,1H3. The van der Waals surface area contributed by atoms with Gasteiger partial charge >= 0.3 is 0 Å². The molecule has 0 unspecified atom stereocenters. The lowest BCUT2D eigenvalue weighted by Gasteiger charge is -2.03. The van der Waals surface area contributed by atoms with Gasteiger partial charge in [0.05, 0.1) is 17.0 Å². The maximum Gasteiger partial charge on any atom is 0.236 e. The van der Waals surface area contributed by atoms with Crippen LogP contribution in [0.15, 0.2) is 45.8 Å². The number of aryl methyl sites for hydroxylation is 1. The molecule has 0 amide bonds. The van der Waals surface area contributed by atoms with E-state index in [0.29, 0.717) is 17.5 Å². The molecule has 4 rings (SSSR count). The minimum atomic E-state index is 0.625. The van der Waals surface area contributed by atoms with Gasteiger partial charge in [-0.15, -0.1) is 11.8 Å². The van der Waals surface area contributed by atoms with Crippen LogP contribution in [0.1, 0.15) is 11.7 Å². The Hall–Kier alpha value is -2.47. The van der Waals surface area contributed by atoms with Crippen molar-refractivity contribution in [2.45, 2.75) is 17.6 Å². The zero-order valence-electron chi connectivity index (χ0n) is 12.0. The van der Waals surface area contributed by atoms with Crippen molar-refractivity contribution in [1.82, 2.24) is 15.1 Å². The number of fused-ring (bicyclic) bond motifs is 3. The fourth-order valence-corrected chi connectivity index (χ4v) is 3.40. The average molecular weight is 310 g/mol. The molecule has 110 valence electrons. The molecule has 6 heteroatoms. The number of rotatable bonds is 3. The molecule has 0 aliphatic rings. The Morgan fingerprint density at radius 2 is 2.09 bits per heavy atom. The number of nitrogens with two attached hydrogens (primary N) is 1. The van der Waals surface area contributed by atoms with Gasteiger partial charge in [0.25, 0.3) is 0 Å². The Bertz CT molecular complexity index is 973. The minimum absolute atomic E-state index is 0.625. The molecular formula is C16H14N4OS. The molecule has 0 atom stereocenters. The summed E-state index contributed by atoms with van der Waals surface area (Å²) in [5, 5.41) is 6.12. The number of benzene rings is 2. The van der Waals surface area contributed by atoms with E-state index in [1.165, 1.54) is 5.39 Å². The Labute approximate surface area is 130 Å². The molecule has 3 N–H and O–H groups in total. The van der Waals surface area contributed by atoms with Crippen LogP contribution in [-0.4, -0.2) is 15.1 Å². The van der Waals surface area contributed by atoms with E-state index in [-0.39, 0.29) is 0 Å². The fourth-order valence-electron chi connectivity index (χ4n) is 2.58.